The highest BCUT2D eigenvalue weighted by Gasteiger charge is 2.56. The molecule has 0 saturated carbocycles. The third-order valence-electron chi connectivity index (χ3n) is 12.2. The fourth-order valence-corrected chi connectivity index (χ4v) is 8.01. The summed E-state index contributed by atoms with van der Waals surface area (Å²) in [5.74, 6) is 0. The Morgan fingerprint density at radius 3 is 1.08 bits per heavy atom. The standard InChI is InChI=1S/C50H96O16/c1-9-17-25-54-33-36-39(51)40(52)43(57-28-20-12-4)49(63-36)65-42-38(35-56-27-19-11-3)64-50(47(61-32-24-16-8)45(42)59-30-22-14-6)66-41-37(34-55-26-18-10-2)62-48(53)46(60-31-23-15-7)44(41)58-29-21-13-5/h36-53H,9-35H2,1-8H3/t36?,37-,38?,39-,40-,41+,42-,43?,44?,45?,46?,47-,48+,49+,50-/m0/s1. The summed E-state index contributed by atoms with van der Waals surface area (Å²) in [4.78, 5) is 0. The quantitative estimate of drug-likeness (QED) is 0.0535. The van der Waals surface area contributed by atoms with Crippen molar-refractivity contribution < 1.29 is 76.9 Å². The molecule has 66 heavy (non-hydrogen) atoms. The van der Waals surface area contributed by atoms with Crippen molar-refractivity contribution in [1.29, 1.82) is 0 Å². The first-order valence-corrected chi connectivity index (χ1v) is 26.4. The van der Waals surface area contributed by atoms with Gasteiger partial charge < -0.3 is 76.9 Å². The van der Waals surface area contributed by atoms with E-state index in [0.29, 0.717) is 52.9 Å². The van der Waals surface area contributed by atoms with Crippen molar-refractivity contribution in [2.24, 2.45) is 0 Å². The highest BCUT2D eigenvalue weighted by molar-refractivity contribution is 4.99. The van der Waals surface area contributed by atoms with Crippen LogP contribution in [0.15, 0.2) is 0 Å². The zero-order valence-electron chi connectivity index (χ0n) is 42.4. The maximum absolute atomic E-state index is 11.7. The number of aliphatic hydroxyl groups is 3. The minimum absolute atomic E-state index is 0.0612. The lowest BCUT2D eigenvalue weighted by molar-refractivity contribution is -0.389. The second kappa shape index (κ2) is 36.3. The summed E-state index contributed by atoms with van der Waals surface area (Å²) < 4.78 is 85.6. The second-order valence-corrected chi connectivity index (χ2v) is 18.1. The molecule has 0 aromatic heterocycles. The van der Waals surface area contributed by atoms with Crippen LogP contribution in [-0.2, 0) is 61.6 Å². The average Bonchev–Trinajstić information content (AvgIpc) is 3.31. The third kappa shape index (κ3) is 20.2. The Kier molecular flexibility index (Phi) is 32.8. The highest BCUT2D eigenvalue weighted by Crippen LogP contribution is 2.37. The fourth-order valence-electron chi connectivity index (χ4n) is 8.01. The van der Waals surface area contributed by atoms with E-state index in [1.54, 1.807) is 0 Å². The summed E-state index contributed by atoms with van der Waals surface area (Å²) in [5, 5.41) is 34.6. The van der Waals surface area contributed by atoms with Crippen LogP contribution in [0.3, 0.4) is 0 Å². The first-order valence-electron chi connectivity index (χ1n) is 26.4. The van der Waals surface area contributed by atoms with Crippen molar-refractivity contribution in [2.75, 3.05) is 72.7 Å². The molecule has 3 aliphatic rings. The Hall–Kier alpha value is -0.640. The molecule has 0 amide bonds. The first-order chi connectivity index (χ1) is 32.2. The van der Waals surface area contributed by atoms with Gasteiger partial charge in [-0.25, -0.2) is 0 Å². The molecule has 3 N–H and O–H groups in total. The van der Waals surface area contributed by atoms with E-state index in [2.05, 4.69) is 55.4 Å². The van der Waals surface area contributed by atoms with Crippen molar-refractivity contribution >= 4 is 0 Å². The van der Waals surface area contributed by atoms with Crippen LogP contribution in [0.4, 0.5) is 0 Å². The summed E-state index contributed by atoms with van der Waals surface area (Å²) in [6.45, 7) is 20.5. The van der Waals surface area contributed by atoms with Gasteiger partial charge in [0, 0.05) is 52.9 Å². The van der Waals surface area contributed by atoms with Crippen molar-refractivity contribution in [1.82, 2.24) is 0 Å². The van der Waals surface area contributed by atoms with Crippen LogP contribution in [0.25, 0.3) is 0 Å². The van der Waals surface area contributed by atoms with Crippen molar-refractivity contribution in [3.63, 3.8) is 0 Å². The molecule has 6 unspecified atom stereocenters. The third-order valence-corrected chi connectivity index (χ3v) is 12.2. The van der Waals surface area contributed by atoms with Crippen LogP contribution in [-0.4, -0.2) is 180 Å². The van der Waals surface area contributed by atoms with Gasteiger partial charge >= 0.3 is 0 Å². The smallest absolute Gasteiger partial charge is 0.187 e. The minimum Gasteiger partial charge on any atom is -0.387 e. The molecular formula is C50H96O16. The van der Waals surface area contributed by atoms with Crippen molar-refractivity contribution in [3.8, 4) is 0 Å². The Balaban J connectivity index is 2.16. The largest absolute Gasteiger partial charge is 0.387 e. The van der Waals surface area contributed by atoms with Gasteiger partial charge in [-0.3, -0.25) is 0 Å². The first kappa shape index (κ1) is 59.7. The number of rotatable bonds is 39. The van der Waals surface area contributed by atoms with Gasteiger partial charge in [-0.2, -0.15) is 0 Å². The number of hydrogen-bond acceptors (Lipinski definition) is 16. The summed E-state index contributed by atoms with van der Waals surface area (Å²) in [7, 11) is 0. The van der Waals surface area contributed by atoms with Gasteiger partial charge in [0.2, 0.25) is 0 Å². The number of ether oxygens (including phenoxy) is 13. The molecule has 0 spiro atoms. The predicted molar refractivity (Wildman–Crippen MR) is 250 cm³/mol. The van der Waals surface area contributed by atoms with Gasteiger partial charge in [0.15, 0.2) is 18.9 Å². The molecule has 15 atom stereocenters. The molecule has 3 aliphatic heterocycles. The van der Waals surface area contributed by atoms with Gasteiger partial charge in [-0.05, 0) is 51.4 Å². The molecule has 3 fully saturated rings. The Morgan fingerprint density at radius 1 is 0.318 bits per heavy atom. The Labute approximate surface area is 398 Å². The van der Waals surface area contributed by atoms with E-state index in [0.717, 1.165) is 103 Å². The molecule has 0 aliphatic carbocycles. The molecule has 3 rings (SSSR count). The summed E-state index contributed by atoms with van der Waals surface area (Å²) >= 11 is 0. The molecule has 392 valence electrons. The predicted octanol–water partition coefficient (Wildman–Crippen LogP) is 7.02. The molecule has 0 radical (unpaired) electrons. The van der Waals surface area contributed by atoms with Gasteiger partial charge in [-0.15, -0.1) is 0 Å². The zero-order chi connectivity index (χ0) is 47.9. The second-order valence-electron chi connectivity index (χ2n) is 18.1. The molecular weight excluding hydrogens is 857 g/mol. The topological polar surface area (TPSA) is 181 Å². The molecule has 3 heterocycles. The van der Waals surface area contributed by atoms with Crippen LogP contribution in [0.1, 0.15) is 158 Å². The van der Waals surface area contributed by atoms with Gasteiger partial charge in [0.25, 0.3) is 0 Å². The molecule has 3 saturated heterocycles. The van der Waals surface area contributed by atoms with E-state index in [1.165, 1.54) is 0 Å². The summed E-state index contributed by atoms with van der Waals surface area (Å²) in [6, 6.07) is 0. The van der Waals surface area contributed by atoms with Crippen LogP contribution < -0.4 is 0 Å². The summed E-state index contributed by atoms with van der Waals surface area (Å²) in [5.41, 5.74) is 0. The normalized spacial score (nSPS) is 32.9. The lowest BCUT2D eigenvalue weighted by atomic mass is 9.95. The number of aliphatic hydroxyl groups excluding tert-OH is 3. The van der Waals surface area contributed by atoms with E-state index in [1.807, 2.05) is 0 Å². The number of hydrogen-bond donors (Lipinski definition) is 3. The van der Waals surface area contributed by atoms with Gasteiger partial charge in [0.1, 0.15) is 73.2 Å². The molecule has 0 bridgehead atoms. The van der Waals surface area contributed by atoms with Crippen molar-refractivity contribution in [2.45, 2.75) is 250 Å². The molecule has 0 aromatic rings. The molecule has 16 heteroatoms. The Bertz CT molecular complexity index is 1140. The molecule has 0 aromatic carbocycles. The number of unbranched alkanes of at least 4 members (excludes halogenated alkanes) is 8. The van der Waals surface area contributed by atoms with Crippen LogP contribution in [0, 0.1) is 0 Å². The van der Waals surface area contributed by atoms with E-state index >= 15 is 0 Å². The minimum atomic E-state index is -1.33. The van der Waals surface area contributed by atoms with Gasteiger partial charge in [0.05, 0.1) is 19.8 Å². The zero-order valence-corrected chi connectivity index (χ0v) is 42.4. The Morgan fingerprint density at radius 2 is 0.636 bits per heavy atom. The van der Waals surface area contributed by atoms with Crippen LogP contribution in [0.5, 0.6) is 0 Å². The lowest BCUT2D eigenvalue weighted by Crippen LogP contribution is -2.68. The van der Waals surface area contributed by atoms with E-state index < -0.39 is 92.1 Å². The monoisotopic (exact) mass is 953 g/mol. The van der Waals surface area contributed by atoms with E-state index in [-0.39, 0.29) is 19.8 Å². The lowest BCUT2D eigenvalue weighted by Gasteiger charge is -2.51. The summed E-state index contributed by atoms with van der Waals surface area (Å²) in [6.07, 6.45) is -0.674. The maximum Gasteiger partial charge on any atom is 0.187 e. The van der Waals surface area contributed by atoms with Crippen LogP contribution >= 0.6 is 0 Å². The van der Waals surface area contributed by atoms with Crippen LogP contribution in [0.2, 0.25) is 0 Å². The maximum atomic E-state index is 11.7. The highest BCUT2D eigenvalue weighted by atomic mass is 16.8. The van der Waals surface area contributed by atoms with Crippen molar-refractivity contribution in [3.05, 3.63) is 0 Å². The van der Waals surface area contributed by atoms with Gasteiger partial charge in [-0.1, -0.05) is 107 Å². The molecule has 16 nitrogen and oxygen atoms in total. The van der Waals surface area contributed by atoms with E-state index in [4.69, 9.17) is 61.6 Å². The SMILES string of the molecule is CCCCOCC1O[C@@H](O[C@H]2C(OCCCC)C(OCCCC)[C@H](O)O[C@H]2COCCCC)[C@@H](OCCCC)C(OCCCC)[C@H]1O[C@H]1OC(COCCCC)[C@H](O)[C@H](O)C1OCCCC. The fraction of sp³-hybridized carbons (Fsp3) is 1.00. The average molecular weight is 953 g/mol. The van der Waals surface area contributed by atoms with E-state index in [9.17, 15) is 15.3 Å².